The maximum absolute atomic E-state index is 12.2. The third-order valence-electron chi connectivity index (χ3n) is 3.33. The van der Waals surface area contributed by atoms with Crippen LogP contribution < -0.4 is 10.1 Å². The fraction of sp³-hybridized carbons (Fsp3) is 0.167. The van der Waals surface area contributed by atoms with E-state index in [0.717, 1.165) is 10.9 Å². The van der Waals surface area contributed by atoms with Crippen LogP contribution in [0.15, 0.2) is 59.0 Å². The van der Waals surface area contributed by atoms with Gasteiger partial charge in [-0.1, -0.05) is 42.5 Å². The summed E-state index contributed by atoms with van der Waals surface area (Å²) in [4.78, 5) is 12.2. The number of amides is 1. The van der Waals surface area contributed by atoms with E-state index in [1.165, 1.54) is 0 Å². The molecule has 0 aliphatic carbocycles. The van der Waals surface area contributed by atoms with Gasteiger partial charge in [-0.05, 0) is 24.6 Å². The second kappa shape index (κ2) is 6.35. The molecule has 1 N–H and O–H groups in total. The molecular formula is C18H17NO3. The van der Waals surface area contributed by atoms with Crippen LogP contribution in [0.4, 0.5) is 0 Å². The van der Waals surface area contributed by atoms with Gasteiger partial charge in [0, 0.05) is 11.9 Å². The summed E-state index contributed by atoms with van der Waals surface area (Å²) in [5, 5.41) is 3.71. The Bertz CT molecular complexity index is 777. The van der Waals surface area contributed by atoms with Gasteiger partial charge in [0.15, 0.2) is 17.1 Å². The highest BCUT2D eigenvalue weighted by Gasteiger charge is 2.14. The highest BCUT2D eigenvalue weighted by molar-refractivity contribution is 5.97. The van der Waals surface area contributed by atoms with Crippen molar-refractivity contribution in [2.45, 2.75) is 13.5 Å². The van der Waals surface area contributed by atoms with Crippen molar-refractivity contribution < 1.29 is 13.9 Å². The molecule has 0 saturated heterocycles. The van der Waals surface area contributed by atoms with Crippen LogP contribution in [0.2, 0.25) is 0 Å². The monoisotopic (exact) mass is 295 g/mol. The molecule has 1 amide bonds. The SMILES string of the molecule is CCOc1cccc2cc(C(=O)NCc3ccccc3)oc12. The lowest BCUT2D eigenvalue weighted by Gasteiger charge is -2.03. The maximum atomic E-state index is 12.2. The number of carbonyl (C=O) groups excluding carboxylic acids is 1. The molecule has 3 rings (SSSR count). The Balaban J connectivity index is 1.78. The van der Waals surface area contributed by atoms with Crippen molar-refractivity contribution in [1.29, 1.82) is 0 Å². The molecule has 0 radical (unpaired) electrons. The quantitative estimate of drug-likeness (QED) is 0.779. The lowest BCUT2D eigenvalue weighted by Crippen LogP contribution is -2.22. The third-order valence-corrected chi connectivity index (χ3v) is 3.33. The van der Waals surface area contributed by atoms with Crippen molar-refractivity contribution in [2.75, 3.05) is 6.61 Å². The Hall–Kier alpha value is -2.75. The predicted octanol–water partition coefficient (Wildman–Crippen LogP) is 3.76. The van der Waals surface area contributed by atoms with Gasteiger partial charge >= 0.3 is 0 Å². The number of nitrogens with one attached hydrogen (secondary N) is 1. The Morgan fingerprint density at radius 1 is 1.14 bits per heavy atom. The van der Waals surface area contributed by atoms with Gasteiger partial charge in [-0.3, -0.25) is 4.79 Å². The summed E-state index contributed by atoms with van der Waals surface area (Å²) in [5.74, 6) is 0.711. The largest absolute Gasteiger partial charge is 0.490 e. The van der Waals surface area contributed by atoms with Crippen LogP contribution >= 0.6 is 0 Å². The molecule has 2 aromatic carbocycles. The summed E-state index contributed by atoms with van der Waals surface area (Å²) in [6, 6.07) is 17.1. The van der Waals surface area contributed by atoms with Crippen LogP contribution in [-0.4, -0.2) is 12.5 Å². The lowest BCUT2D eigenvalue weighted by molar-refractivity contribution is 0.0925. The molecule has 4 nitrogen and oxygen atoms in total. The van der Waals surface area contributed by atoms with Crippen LogP contribution in [0.3, 0.4) is 0 Å². The molecular weight excluding hydrogens is 278 g/mol. The number of ether oxygens (including phenoxy) is 1. The summed E-state index contributed by atoms with van der Waals surface area (Å²) in [7, 11) is 0. The van der Waals surface area contributed by atoms with Gasteiger partial charge in [-0.15, -0.1) is 0 Å². The van der Waals surface area contributed by atoms with E-state index in [-0.39, 0.29) is 11.7 Å². The van der Waals surface area contributed by atoms with E-state index in [1.54, 1.807) is 6.07 Å². The van der Waals surface area contributed by atoms with Crippen molar-refractivity contribution in [3.8, 4) is 5.75 Å². The second-order valence-electron chi connectivity index (χ2n) is 4.89. The minimum absolute atomic E-state index is 0.234. The van der Waals surface area contributed by atoms with Crippen molar-refractivity contribution in [3.05, 3.63) is 65.9 Å². The molecule has 0 saturated carbocycles. The molecule has 0 aliphatic rings. The van der Waals surface area contributed by atoms with E-state index in [4.69, 9.17) is 9.15 Å². The van der Waals surface area contributed by atoms with Gasteiger partial charge in [0.25, 0.3) is 5.91 Å². The number of hydrogen-bond acceptors (Lipinski definition) is 3. The zero-order valence-corrected chi connectivity index (χ0v) is 12.3. The van der Waals surface area contributed by atoms with Crippen LogP contribution in [0.5, 0.6) is 5.75 Å². The summed E-state index contributed by atoms with van der Waals surface area (Å²) >= 11 is 0. The molecule has 0 atom stereocenters. The van der Waals surface area contributed by atoms with E-state index >= 15 is 0 Å². The number of rotatable bonds is 5. The highest BCUT2D eigenvalue weighted by Crippen LogP contribution is 2.28. The second-order valence-corrected chi connectivity index (χ2v) is 4.89. The maximum Gasteiger partial charge on any atom is 0.287 e. The van der Waals surface area contributed by atoms with Crippen LogP contribution in [0.25, 0.3) is 11.0 Å². The van der Waals surface area contributed by atoms with Crippen LogP contribution in [0, 0.1) is 0 Å². The first kappa shape index (κ1) is 14.2. The number of carbonyl (C=O) groups is 1. The van der Waals surface area contributed by atoms with E-state index in [2.05, 4.69) is 5.32 Å². The highest BCUT2D eigenvalue weighted by atomic mass is 16.5. The number of furan rings is 1. The molecule has 0 aliphatic heterocycles. The number of para-hydroxylation sites is 1. The molecule has 0 fully saturated rings. The zero-order valence-electron chi connectivity index (χ0n) is 12.3. The topological polar surface area (TPSA) is 51.5 Å². The average molecular weight is 295 g/mol. The fourth-order valence-electron chi connectivity index (χ4n) is 2.28. The van der Waals surface area contributed by atoms with Gasteiger partial charge in [0.05, 0.1) is 6.61 Å². The minimum Gasteiger partial charge on any atom is -0.490 e. The Morgan fingerprint density at radius 2 is 1.95 bits per heavy atom. The van der Waals surface area contributed by atoms with Crippen molar-refractivity contribution >= 4 is 16.9 Å². The molecule has 4 heteroatoms. The molecule has 1 heterocycles. The Morgan fingerprint density at radius 3 is 2.73 bits per heavy atom. The Kier molecular flexibility index (Phi) is 4.10. The molecule has 112 valence electrons. The molecule has 0 bridgehead atoms. The van der Waals surface area contributed by atoms with Crippen molar-refractivity contribution in [3.63, 3.8) is 0 Å². The zero-order chi connectivity index (χ0) is 15.4. The summed E-state index contributed by atoms with van der Waals surface area (Å²) < 4.78 is 11.2. The van der Waals surface area contributed by atoms with Gasteiger partial charge in [-0.2, -0.15) is 0 Å². The van der Waals surface area contributed by atoms with Crippen molar-refractivity contribution in [2.24, 2.45) is 0 Å². The standard InChI is InChI=1S/C18H17NO3/c1-2-21-15-10-6-9-14-11-16(22-17(14)15)18(20)19-12-13-7-4-3-5-8-13/h3-11H,2,12H2,1H3,(H,19,20). The summed E-state index contributed by atoms with van der Waals surface area (Å²) in [6.07, 6.45) is 0. The summed E-state index contributed by atoms with van der Waals surface area (Å²) in [6.45, 7) is 2.93. The third kappa shape index (κ3) is 2.96. The number of fused-ring (bicyclic) bond motifs is 1. The molecule has 1 aromatic heterocycles. The summed E-state index contributed by atoms with van der Waals surface area (Å²) in [5.41, 5.74) is 1.65. The first-order valence-electron chi connectivity index (χ1n) is 7.25. The lowest BCUT2D eigenvalue weighted by atomic mass is 10.2. The molecule has 0 spiro atoms. The number of benzene rings is 2. The predicted molar refractivity (Wildman–Crippen MR) is 85.0 cm³/mol. The molecule has 0 unspecified atom stereocenters. The van der Waals surface area contributed by atoms with Crippen molar-refractivity contribution in [1.82, 2.24) is 5.32 Å². The van der Waals surface area contributed by atoms with E-state index < -0.39 is 0 Å². The first-order chi connectivity index (χ1) is 10.8. The Labute approximate surface area is 128 Å². The van der Waals surface area contributed by atoms with Crippen LogP contribution in [0.1, 0.15) is 23.0 Å². The van der Waals surface area contributed by atoms with Crippen LogP contribution in [-0.2, 0) is 6.54 Å². The van der Waals surface area contributed by atoms with E-state index in [1.807, 2.05) is 55.5 Å². The average Bonchev–Trinajstić information content (AvgIpc) is 2.99. The smallest absolute Gasteiger partial charge is 0.287 e. The molecule has 3 aromatic rings. The first-order valence-corrected chi connectivity index (χ1v) is 7.25. The van der Waals surface area contributed by atoms with E-state index in [9.17, 15) is 4.79 Å². The van der Waals surface area contributed by atoms with Gasteiger partial charge < -0.3 is 14.5 Å². The minimum atomic E-state index is -0.234. The van der Waals surface area contributed by atoms with E-state index in [0.29, 0.717) is 24.5 Å². The normalized spacial score (nSPS) is 10.6. The number of hydrogen-bond donors (Lipinski definition) is 1. The molecule has 22 heavy (non-hydrogen) atoms. The van der Waals surface area contributed by atoms with Gasteiger partial charge in [0.1, 0.15) is 0 Å². The van der Waals surface area contributed by atoms with Gasteiger partial charge in [0.2, 0.25) is 0 Å². The van der Waals surface area contributed by atoms with Gasteiger partial charge in [-0.25, -0.2) is 0 Å². The fourth-order valence-corrected chi connectivity index (χ4v) is 2.28.